The smallest absolute Gasteiger partial charge is 0.291 e. The molecule has 1 spiro atoms. The van der Waals surface area contributed by atoms with Gasteiger partial charge in [0.25, 0.3) is 5.91 Å². The zero-order valence-electron chi connectivity index (χ0n) is 17.6. The van der Waals surface area contributed by atoms with Gasteiger partial charge in [0.1, 0.15) is 17.9 Å². The first-order chi connectivity index (χ1) is 15.6. The first-order valence-electron chi connectivity index (χ1n) is 10.5. The highest BCUT2D eigenvalue weighted by Crippen LogP contribution is 2.51. The summed E-state index contributed by atoms with van der Waals surface area (Å²) in [5.74, 6) is -3.86. The molecular weight excluding hydrogens is 467 g/mol. The van der Waals surface area contributed by atoms with Crippen LogP contribution in [-0.4, -0.2) is 34.6 Å². The topological polar surface area (TPSA) is 126 Å². The highest BCUT2D eigenvalue weighted by atomic mass is 35.5. The van der Waals surface area contributed by atoms with Crippen LogP contribution in [0.15, 0.2) is 36.4 Å². The lowest BCUT2D eigenvalue weighted by Crippen LogP contribution is -2.99. The number of nitrogens with one attached hydrogen (secondary N) is 1. The number of primary amides is 1. The minimum atomic E-state index is -1.42. The predicted octanol–water partition coefficient (Wildman–Crippen LogP) is 1.07. The van der Waals surface area contributed by atoms with Gasteiger partial charge in [0.15, 0.2) is 0 Å². The van der Waals surface area contributed by atoms with Crippen LogP contribution in [0, 0.1) is 18.8 Å². The Morgan fingerprint density at radius 2 is 1.88 bits per heavy atom. The Kier molecular flexibility index (Phi) is 5.00. The fraction of sp³-hybridized carbons (Fsp3) is 0.304. The number of aryl methyl sites for hydroxylation is 1. The van der Waals surface area contributed by atoms with Gasteiger partial charge in [0.2, 0.25) is 23.3 Å². The van der Waals surface area contributed by atoms with E-state index in [0.29, 0.717) is 26.9 Å². The van der Waals surface area contributed by atoms with E-state index in [1.807, 2.05) is 6.92 Å². The van der Waals surface area contributed by atoms with Gasteiger partial charge in [-0.25, -0.2) is 0 Å². The molecule has 0 unspecified atom stereocenters. The van der Waals surface area contributed by atoms with E-state index in [1.165, 1.54) is 0 Å². The minimum absolute atomic E-state index is 0.0211. The Morgan fingerprint density at radius 3 is 2.58 bits per heavy atom. The molecule has 2 fully saturated rings. The van der Waals surface area contributed by atoms with Crippen LogP contribution in [0.4, 0.5) is 5.69 Å². The van der Waals surface area contributed by atoms with E-state index in [2.05, 4.69) is 5.32 Å². The van der Waals surface area contributed by atoms with Gasteiger partial charge in [0, 0.05) is 10.6 Å². The summed E-state index contributed by atoms with van der Waals surface area (Å²) in [5.41, 5.74) is 6.44. The van der Waals surface area contributed by atoms with Crippen molar-refractivity contribution >= 4 is 52.5 Å². The number of fused-ring (bicyclic) bond motifs is 4. The first-order valence-corrected chi connectivity index (χ1v) is 11.3. The third-order valence-corrected chi connectivity index (χ3v) is 7.56. The van der Waals surface area contributed by atoms with Crippen molar-refractivity contribution in [3.05, 3.63) is 63.1 Å². The number of rotatable bonds is 4. The molecule has 2 aromatic rings. The van der Waals surface area contributed by atoms with Crippen LogP contribution in [0.25, 0.3) is 0 Å². The zero-order chi connectivity index (χ0) is 23.7. The van der Waals surface area contributed by atoms with E-state index in [0.717, 1.165) is 10.5 Å². The lowest BCUT2D eigenvalue weighted by atomic mass is 9.76. The number of carbonyl (C=O) groups is 4. The molecule has 0 saturated carbocycles. The highest BCUT2D eigenvalue weighted by molar-refractivity contribution is 6.35. The summed E-state index contributed by atoms with van der Waals surface area (Å²) in [4.78, 5) is 53.7. The molecule has 3 aliphatic heterocycles. The van der Waals surface area contributed by atoms with Gasteiger partial charge >= 0.3 is 0 Å². The highest BCUT2D eigenvalue weighted by Gasteiger charge is 2.74. The van der Waals surface area contributed by atoms with Crippen LogP contribution in [0.5, 0.6) is 0 Å². The van der Waals surface area contributed by atoms with E-state index < -0.39 is 47.0 Å². The summed E-state index contributed by atoms with van der Waals surface area (Å²) < 4.78 is 0. The summed E-state index contributed by atoms with van der Waals surface area (Å²) in [7, 11) is 0. The molecule has 5 N–H and O–H groups in total. The summed E-state index contributed by atoms with van der Waals surface area (Å²) in [6.07, 6.45) is -0.149. The Morgan fingerprint density at radius 1 is 1.15 bits per heavy atom. The number of benzene rings is 2. The van der Waals surface area contributed by atoms with Crippen molar-refractivity contribution in [2.75, 3.05) is 5.32 Å². The number of imide groups is 1. The lowest BCUT2D eigenvalue weighted by molar-refractivity contribution is -0.732. The van der Waals surface area contributed by atoms with Gasteiger partial charge in [-0.15, -0.1) is 0 Å². The Labute approximate surface area is 199 Å². The molecule has 2 aromatic carbocycles. The fourth-order valence-corrected chi connectivity index (χ4v) is 6.10. The molecule has 33 heavy (non-hydrogen) atoms. The third-order valence-electron chi connectivity index (χ3n) is 6.89. The summed E-state index contributed by atoms with van der Waals surface area (Å²) in [6, 6.07) is 9.79. The number of carbonyl (C=O) groups excluding carboxylic acids is 4. The van der Waals surface area contributed by atoms with Crippen LogP contribution < -0.4 is 16.4 Å². The quantitative estimate of drug-likeness (QED) is 0.557. The third kappa shape index (κ3) is 3.08. The average molecular weight is 488 g/mol. The molecule has 4 amide bonds. The number of halogens is 2. The van der Waals surface area contributed by atoms with Crippen molar-refractivity contribution in [2.24, 2.45) is 17.6 Å². The van der Waals surface area contributed by atoms with Gasteiger partial charge in [-0.1, -0.05) is 41.4 Å². The number of amides is 4. The molecule has 8 nitrogen and oxygen atoms in total. The molecule has 0 bridgehead atoms. The summed E-state index contributed by atoms with van der Waals surface area (Å²) in [6.45, 7) is 1.81. The van der Waals surface area contributed by atoms with Crippen molar-refractivity contribution in [1.82, 2.24) is 4.90 Å². The molecule has 0 radical (unpaired) electrons. The van der Waals surface area contributed by atoms with Gasteiger partial charge in [-0.2, -0.15) is 0 Å². The second-order valence-electron chi connectivity index (χ2n) is 8.85. The van der Waals surface area contributed by atoms with E-state index in [4.69, 9.17) is 28.9 Å². The van der Waals surface area contributed by atoms with Crippen molar-refractivity contribution < 1.29 is 24.5 Å². The van der Waals surface area contributed by atoms with Crippen LogP contribution in [-0.2, 0) is 31.3 Å². The van der Waals surface area contributed by atoms with E-state index in [9.17, 15) is 19.2 Å². The molecule has 0 aliphatic carbocycles. The SMILES string of the molecule is Cc1cc(Cl)c2c(c1)[C@@]1([NH2+][C@H](CC(N)=O)[C@H]3C(=O)N(Cc4ccccc4Cl)C(=O)[C@H]31)C(=O)N2. The lowest BCUT2D eigenvalue weighted by Gasteiger charge is -2.26. The molecule has 10 heteroatoms. The Bertz CT molecular complexity index is 1250. The molecule has 2 saturated heterocycles. The monoisotopic (exact) mass is 487 g/mol. The van der Waals surface area contributed by atoms with E-state index in [-0.39, 0.29) is 13.0 Å². The van der Waals surface area contributed by atoms with Gasteiger partial charge in [0.05, 0.1) is 23.7 Å². The Balaban J connectivity index is 1.64. The first kappa shape index (κ1) is 21.9. The van der Waals surface area contributed by atoms with E-state index >= 15 is 0 Å². The molecule has 4 atom stereocenters. The van der Waals surface area contributed by atoms with Gasteiger partial charge in [-0.05, 0) is 36.2 Å². The number of nitrogens with two attached hydrogens (primary N) is 2. The molecule has 3 heterocycles. The van der Waals surface area contributed by atoms with Crippen molar-refractivity contribution in [3.63, 3.8) is 0 Å². The predicted molar refractivity (Wildman–Crippen MR) is 120 cm³/mol. The minimum Gasteiger partial charge on any atom is -0.369 e. The second kappa shape index (κ2) is 7.55. The second-order valence-corrected chi connectivity index (χ2v) is 9.67. The number of hydrogen-bond donors (Lipinski definition) is 3. The number of nitrogens with zero attached hydrogens (tertiary/aromatic N) is 1. The van der Waals surface area contributed by atoms with E-state index in [1.54, 1.807) is 41.7 Å². The van der Waals surface area contributed by atoms with Crippen molar-refractivity contribution in [2.45, 2.75) is 31.5 Å². The number of likely N-dealkylation sites (tertiary alicyclic amines) is 1. The normalized spacial score (nSPS) is 27.8. The number of hydrogen-bond acceptors (Lipinski definition) is 4. The van der Waals surface area contributed by atoms with Gasteiger partial charge < -0.3 is 16.4 Å². The maximum absolute atomic E-state index is 13.7. The maximum Gasteiger partial charge on any atom is 0.291 e. The van der Waals surface area contributed by atoms with Crippen LogP contribution >= 0.6 is 23.2 Å². The van der Waals surface area contributed by atoms with Crippen molar-refractivity contribution in [1.29, 1.82) is 0 Å². The fourth-order valence-electron chi connectivity index (χ4n) is 5.59. The number of anilines is 1. The standard InChI is InChI=1S/C23H20Cl2N4O4/c1-10-6-12-19(14(25)7-10)27-22(33)23(12)18-17(15(28-23)8-16(26)30)20(31)29(21(18)32)9-11-4-2-3-5-13(11)24/h2-7,15,17-18,28H,8-9H2,1H3,(H2,26,30)(H,27,33)/p+1/t15-,17-,18+,23+/m1/s1. The largest absolute Gasteiger partial charge is 0.369 e. The van der Waals surface area contributed by atoms with Crippen LogP contribution in [0.2, 0.25) is 10.0 Å². The molecular formula is C23H21Cl2N4O4+. The van der Waals surface area contributed by atoms with Crippen LogP contribution in [0.3, 0.4) is 0 Å². The molecule has 0 aromatic heterocycles. The summed E-state index contributed by atoms with van der Waals surface area (Å²) in [5, 5.41) is 5.24. The summed E-state index contributed by atoms with van der Waals surface area (Å²) >= 11 is 12.7. The van der Waals surface area contributed by atoms with Crippen LogP contribution in [0.1, 0.15) is 23.1 Å². The average Bonchev–Trinajstić information content (AvgIpc) is 3.30. The maximum atomic E-state index is 13.7. The Hall–Kier alpha value is -2.94. The number of quaternary nitrogens is 1. The molecule has 170 valence electrons. The van der Waals surface area contributed by atoms with Crippen molar-refractivity contribution in [3.8, 4) is 0 Å². The zero-order valence-corrected chi connectivity index (χ0v) is 19.1. The molecule has 5 rings (SSSR count). The van der Waals surface area contributed by atoms with Gasteiger partial charge in [-0.3, -0.25) is 24.1 Å². The molecule has 3 aliphatic rings.